The molecule has 1 aromatic rings. The summed E-state index contributed by atoms with van der Waals surface area (Å²) in [5.41, 5.74) is 0.359. The third-order valence-electron chi connectivity index (χ3n) is 5.24. The number of halogens is 1. The summed E-state index contributed by atoms with van der Waals surface area (Å²) >= 11 is 3.36. The van der Waals surface area contributed by atoms with Crippen LogP contribution in [0.3, 0.4) is 0 Å². The summed E-state index contributed by atoms with van der Waals surface area (Å²) in [6, 6.07) is 1.37. The Kier molecular flexibility index (Phi) is 6.05. The third-order valence-corrected chi connectivity index (χ3v) is 5.68. The minimum Gasteiger partial charge on any atom is -0.472 e. The molecule has 0 spiro atoms. The average Bonchev–Trinajstić information content (AvgIpc) is 3.49. The normalized spacial score (nSPS) is 23.7. The third kappa shape index (κ3) is 4.43. The minimum atomic E-state index is -0.323. The summed E-state index contributed by atoms with van der Waals surface area (Å²) in [6.07, 6.45) is 3.21. The molecule has 0 unspecified atom stereocenters. The Balaban J connectivity index is 1.90. The molecule has 0 bridgehead atoms. The van der Waals surface area contributed by atoms with E-state index in [0.717, 1.165) is 12.8 Å². The predicted octanol–water partition coefficient (Wildman–Crippen LogP) is 1.93. The summed E-state index contributed by atoms with van der Waals surface area (Å²) in [4.78, 5) is 33.1. The molecule has 1 aromatic heterocycles. The average molecular weight is 440 g/mol. The number of likely N-dealkylation sites (N-methyl/N-ethyl adjacent to an activating group) is 1. The first-order chi connectivity index (χ1) is 12.8. The molecule has 0 saturated heterocycles. The van der Waals surface area contributed by atoms with Crippen LogP contribution in [-0.2, 0) is 4.79 Å². The zero-order chi connectivity index (χ0) is 19.7. The number of fused-ring (bicyclic) bond motifs is 1. The van der Waals surface area contributed by atoms with E-state index in [1.807, 2.05) is 13.8 Å². The lowest BCUT2D eigenvalue weighted by Gasteiger charge is -2.37. The molecule has 148 valence electrons. The van der Waals surface area contributed by atoms with E-state index in [-0.39, 0.29) is 48.3 Å². The lowest BCUT2D eigenvalue weighted by atomic mass is 10.00. The van der Waals surface area contributed by atoms with E-state index in [1.165, 1.54) is 0 Å². The number of nitrogens with zero attached hydrogens (tertiary/aromatic N) is 3. The summed E-state index contributed by atoms with van der Waals surface area (Å²) in [5, 5.41) is 9.60. The number of hydrogen-bond donors (Lipinski definition) is 1. The molecule has 27 heavy (non-hydrogen) atoms. The number of aliphatic hydroxyl groups is 1. The summed E-state index contributed by atoms with van der Waals surface area (Å²) < 4.78 is 6.80. The van der Waals surface area contributed by atoms with Gasteiger partial charge in [0.05, 0.1) is 19.2 Å². The zero-order valence-corrected chi connectivity index (χ0v) is 17.5. The molecule has 3 atom stereocenters. The van der Waals surface area contributed by atoms with Crippen LogP contribution >= 0.6 is 15.9 Å². The van der Waals surface area contributed by atoms with Gasteiger partial charge in [-0.05, 0) is 41.8 Å². The number of hydrogen-bond acceptors (Lipinski definition) is 5. The number of pyridine rings is 1. The van der Waals surface area contributed by atoms with Gasteiger partial charge in [-0.3, -0.25) is 9.59 Å². The van der Waals surface area contributed by atoms with Crippen LogP contribution < -0.4 is 4.74 Å². The maximum Gasteiger partial charge on any atom is 0.259 e. The van der Waals surface area contributed by atoms with Crippen LogP contribution in [-0.4, -0.2) is 70.6 Å². The maximum absolute atomic E-state index is 13.0. The van der Waals surface area contributed by atoms with Gasteiger partial charge in [0.15, 0.2) is 0 Å². The van der Waals surface area contributed by atoms with Crippen LogP contribution in [0.5, 0.6) is 5.88 Å². The molecule has 2 heterocycles. The standard InChI is InChI=1S/C19H26BrN3O4/c1-11-8-23(12(2)10-24)19(26)15-6-14(20)7-21-17(15)27-16(11)9-22(3)18(25)13-4-5-13/h6-7,11-13,16,24H,4-5,8-10H2,1-3H3/t11-,12+,16+/m1/s1. The van der Waals surface area contributed by atoms with Crippen LogP contribution in [0.25, 0.3) is 0 Å². The summed E-state index contributed by atoms with van der Waals surface area (Å²) in [5.74, 6) is 0.312. The van der Waals surface area contributed by atoms with Gasteiger partial charge in [-0.1, -0.05) is 6.92 Å². The molecule has 1 saturated carbocycles. The van der Waals surface area contributed by atoms with E-state index in [2.05, 4.69) is 20.9 Å². The van der Waals surface area contributed by atoms with Crippen LogP contribution in [0.2, 0.25) is 0 Å². The number of ether oxygens (including phenoxy) is 1. The largest absolute Gasteiger partial charge is 0.472 e. The highest BCUT2D eigenvalue weighted by Gasteiger charge is 2.37. The lowest BCUT2D eigenvalue weighted by Crippen LogP contribution is -2.50. The number of aromatic nitrogens is 1. The van der Waals surface area contributed by atoms with Crippen molar-refractivity contribution in [1.29, 1.82) is 0 Å². The van der Waals surface area contributed by atoms with E-state index in [1.54, 1.807) is 29.1 Å². The summed E-state index contributed by atoms with van der Waals surface area (Å²) in [7, 11) is 1.80. The van der Waals surface area contributed by atoms with E-state index in [4.69, 9.17) is 4.74 Å². The fourth-order valence-electron chi connectivity index (χ4n) is 3.30. The van der Waals surface area contributed by atoms with Crippen molar-refractivity contribution in [2.45, 2.75) is 38.8 Å². The molecular weight excluding hydrogens is 414 g/mol. The second-order valence-corrected chi connectivity index (χ2v) is 8.54. The van der Waals surface area contributed by atoms with Gasteiger partial charge in [0.25, 0.3) is 5.91 Å². The second kappa shape index (κ2) is 8.14. The van der Waals surface area contributed by atoms with Crippen molar-refractivity contribution in [3.63, 3.8) is 0 Å². The highest BCUT2D eigenvalue weighted by molar-refractivity contribution is 9.10. The fraction of sp³-hybridized carbons (Fsp3) is 0.632. The van der Waals surface area contributed by atoms with E-state index in [9.17, 15) is 14.7 Å². The van der Waals surface area contributed by atoms with Crippen LogP contribution in [0.4, 0.5) is 0 Å². The van der Waals surface area contributed by atoms with Gasteiger partial charge in [-0.15, -0.1) is 0 Å². The molecule has 0 aromatic carbocycles. The van der Waals surface area contributed by atoms with Crippen molar-refractivity contribution in [3.8, 4) is 5.88 Å². The number of carbonyl (C=O) groups is 2. The first-order valence-corrected chi connectivity index (χ1v) is 10.1. The van der Waals surface area contributed by atoms with Crippen molar-refractivity contribution in [2.24, 2.45) is 11.8 Å². The van der Waals surface area contributed by atoms with Gasteiger partial charge < -0.3 is 19.6 Å². The van der Waals surface area contributed by atoms with Crippen molar-refractivity contribution in [1.82, 2.24) is 14.8 Å². The highest BCUT2D eigenvalue weighted by Crippen LogP contribution is 2.32. The minimum absolute atomic E-state index is 0.0315. The predicted molar refractivity (Wildman–Crippen MR) is 103 cm³/mol. The van der Waals surface area contributed by atoms with Gasteiger partial charge in [0, 0.05) is 36.1 Å². The van der Waals surface area contributed by atoms with Crippen molar-refractivity contribution in [2.75, 3.05) is 26.7 Å². The van der Waals surface area contributed by atoms with Gasteiger partial charge in [-0.2, -0.15) is 0 Å². The monoisotopic (exact) mass is 439 g/mol. The highest BCUT2D eigenvalue weighted by atomic mass is 79.9. The van der Waals surface area contributed by atoms with Crippen molar-refractivity contribution < 1.29 is 19.4 Å². The lowest BCUT2D eigenvalue weighted by molar-refractivity contribution is -0.132. The number of carbonyl (C=O) groups excluding carboxylic acids is 2. The Morgan fingerprint density at radius 3 is 2.85 bits per heavy atom. The molecule has 7 nitrogen and oxygen atoms in total. The molecule has 1 fully saturated rings. The fourth-order valence-corrected chi connectivity index (χ4v) is 3.63. The van der Waals surface area contributed by atoms with E-state index >= 15 is 0 Å². The second-order valence-electron chi connectivity index (χ2n) is 7.62. The maximum atomic E-state index is 13.0. The number of amides is 2. The van der Waals surface area contributed by atoms with Crippen LogP contribution in [0.1, 0.15) is 37.0 Å². The Labute approximate surface area is 167 Å². The SMILES string of the molecule is C[C@@H]1CN([C@@H](C)CO)C(=O)c2cc(Br)cnc2O[C@H]1CN(C)C(=O)C1CC1. The van der Waals surface area contributed by atoms with E-state index < -0.39 is 0 Å². The molecule has 0 radical (unpaired) electrons. The number of rotatable bonds is 5. The van der Waals surface area contributed by atoms with Gasteiger partial charge in [0.1, 0.15) is 11.7 Å². The van der Waals surface area contributed by atoms with Gasteiger partial charge >= 0.3 is 0 Å². The Morgan fingerprint density at radius 2 is 2.22 bits per heavy atom. The van der Waals surface area contributed by atoms with E-state index in [0.29, 0.717) is 23.1 Å². The Hall–Kier alpha value is -1.67. The molecule has 1 aliphatic carbocycles. The van der Waals surface area contributed by atoms with Crippen LogP contribution in [0.15, 0.2) is 16.7 Å². The Bertz CT molecular complexity index is 725. The smallest absolute Gasteiger partial charge is 0.259 e. The molecular formula is C19H26BrN3O4. The van der Waals surface area contributed by atoms with Crippen LogP contribution in [0, 0.1) is 11.8 Å². The zero-order valence-electron chi connectivity index (χ0n) is 15.9. The number of aliphatic hydroxyl groups excluding tert-OH is 1. The first-order valence-electron chi connectivity index (χ1n) is 9.30. The van der Waals surface area contributed by atoms with Gasteiger partial charge in [-0.25, -0.2) is 4.98 Å². The quantitative estimate of drug-likeness (QED) is 0.757. The van der Waals surface area contributed by atoms with Crippen molar-refractivity contribution >= 4 is 27.7 Å². The molecule has 8 heteroatoms. The van der Waals surface area contributed by atoms with Gasteiger partial charge in [0.2, 0.25) is 11.8 Å². The molecule has 1 N–H and O–H groups in total. The molecule has 2 amide bonds. The molecule has 2 aliphatic rings. The molecule has 3 rings (SSSR count). The summed E-state index contributed by atoms with van der Waals surface area (Å²) in [6.45, 7) is 4.55. The molecule has 1 aliphatic heterocycles. The topological polar surface area (TPSA) is 83.0 Å². The Morgan fingerprint density at radius 1 is 1.52 bits per heavy atom. The first kappa shape index (κ1) is 20.1. The van der Waals surface area contributed by atoms with Crippen molar-refractivity contribution in [3.05, 3.63) is 22.3 Å².